The van der Waals surface area contributed by atoms with Crippen LogP contribution in [0.5, 0.6) is 0 Å². The van der Waals surface area contributed by atoms with E-state index in [4.69, 9.17) is 4.74 Å². The van der Waals surface area contributed by atoms with Gasteiger partial charge >= 0.3 is 5.97 Å². The van der Waals surface area contributed by atoms with Gasteiger partial charge in [-0.1, -0.05) is 12.2 Å². The lowest BCUT2D eigenvalue weighted by molar-refractivity contribution is 0.0432. The fraction of sp³-hybridized carbons (Fsp3) is 0.538. The summed E-state index contributed by atoms with van der Waals surface area (Å²) in [6.45, 7) is 3.26. The predicted octanol–water partition coefficient (Wildman–Crippen LogP) is 2.42. The lowest BCUT2D eigenvalue weighted by Crippen LogP contribution is -2.15. The van der Waals surface area contributed by atoms with Crippen LogP contribution in [0, 0.1) is 5.92 Å². The quantitative estimate of drug-likeness (QED) is 0.593. The summed E-state index contributed by atoms with van der Waals surface area (Å²) in [5.74, 6) is 0.212. The van der Waals surface area contributed by atoms with Gasteiger partial charge in [-0.25, -0.2) is 4.79 Å². The Morgan fingerprint density at radius 2 is 2.47 bits per heavy atom. The number of carbonyl (C=O) groups is 1. The molecule has 0 aliphatic heterocycles. The number of aryl methyl sites for hydroxylation is 1. The second-order valence-corrected chi connectivity index (χ2v) is 4.33. The molecule has 0 fully saturated rings. The fourth-order valence-electron chi connectivity index (χ4n) is 1.93. The van der Waals surface area contributed by atoms with Crippen LogP contribution in [0.15, 0.2) is 24.5 Å². The normalized spacial score (nSPS) is 19.2. The highest BCUT2D eigenvalue weighted by Crippen LogP contribution is 2.18. The molecule has 0 saturated carbocycles. The molecule has 1 aromatic rings. The number of aromatic nitrogens is 2. The molecule has 4 heteroatoms. The van der Waals surface area contributed by atoms with E-state index in [1.165, 1.54) is 0 Å². The van der Waals surface area contributed by atoms with Gasteiger partial charge in [-0.05, 0) is 32.1 Å². The highest BCUT2D eigenvalue weighted by Gasteiger charge is 2.14. The predicted molar refractivity (Wildman–Crippen MR) is 64.7 cm³/mol. The van der Waals surface area contributed by atoms with E-state index in [2.05, 4.69) is 17.3 Å². The van der Waals surface area contributed by atoms with Crippen molar-refractivity contribution in [3.05, 3.63) is 30.1 Å². The van der Waals surface area contributed by atoms with E-state index >= 15 is 0 Å². The highest BCUT2D eigenvalue weighted by molar-refractivity contribution is 5.88. The first-order valence-corrected chi connectivity index (χ1v) is 6.14. The number of hydrogen-bond donors (Lipinski definition) is 0. The largest absolute Gasteiger partial charge is 0.462 e. The molecule has 1 aliphatic rings. The maximum Gasteiger partial charge on any atom is 0.341 e. The monoisotopic (exact) mass is 234 g/mol. The molecule has 1 aliphatic carbocycles. The SMILES string of the molecule is CCn1cc(C(=O)OCC2CC=CCC2)cn1. The highest BCUT2D eigenvalue weighted by atomic mass is 16.5. The zero-order chi connectivity index (χ0) is 12.1. The third-order valence-electron chi connectivity index (χ3n) is 3.02. The van der Waals surface area contributed by atoms with Crippen LogP contribution in [0.2, 0.25) is 0 Å². The van der Waals surface area contributed by atoms with E-state index in [1.54, 1.807) is 17.1 Å². The summed E-state index contributed by atoms with van der Waals surface area (Å²) < 4.78 is 7.02. The van der Waals surface area contributed by atoms with Crippen molar-refractivity contribution in [1.29, 1.82) is 0 Å². The van der Waals surface area contributed by atoms with Crippen LogP contribution < -0.4 is 0 Å². The average Bonchev–Trinajstić information content (AvgIpc) is 2.86. The van der Waals surface area contributed by atoms with E-state index < -0.39 is 0 Å². The van der Waals surface area contributed by atoms with Crippen molar-refractivity contribution in [3.8, 4) is 0 Å². The Labute approximate surface area is 101 Å². The van der Waals surface area contributed by atoms with Crippen molar-refractivity contribution < 1.29 is 9.53 Å². The van der Waals surface area contributed by atoms with Gasteiger partial charge in [-0.2, -0.15) is 5.10 Å². The molecule has 0 N–H and O–H groups in total. The van der Waals surface area contributed by atoms with Crippen LogP contribution in [-0.4, -0.2) is 22.4 Å². The molecule has 0 saturated heterocycles. The Balaban J connectivity index is 1.82. The molecule has 17 heavy (non-hydrogen) atoms. The van der Waals surface area contributed by atoms with Crippen LogP contribution in [0.1, 0.15) is 36.5 Å². The Morgan fingerprint density at radius 1 is 1.59 bits per heavy atom. The smallest absolute Gasteiger partial charge is 0.341 e. The van der Waals surface area contributed by atoms with Crippen LogP contribution in [0.3, 0.4) is 0 Å². The number of allylic oxidation sites excluding steroid dienone is 2. The van der Waals surface area contributed by atoms with Gasteiger partial charge in [0.05, 0.1) is 18.4 Å². The van der Waals surface area contributed by atoms with Gasteiger partial charge in [-0.3, -0.25) is 4.68 Å². The molecule has 1 heterocycles. The summed E-state index contributed by atoms with van der Waals surface area (Å²) in [6.07, 6.45) is 10.9. The van der Waals surface area contributed by atoms with Crippen molar-refractivity contribution >= 4 is 5.97 Å². The molecule has 0 radical (unpaired) electrons. The molecule has 92 valence electrons. The second kappa shape index (κ2) is 5.66. The third-order valence-corrected chi connectivity index (χ3v) is 3.02. The number of nitrogens with zero attached hydrogens (tertiary/aromatic N) is 2. The zero-order valence-electron chi connectivity index (χ0n) is 10.1. The summed E-state index contributed by atoms with van der Waals surface area (Å²) in [5, 5.41) is 4.06. The molecule has 2 rings (SSSR count). The number of ether oxygens (including phenoxy) is 1. The Hall–Kier alpha value is -1.58. The lowest BCUT2D eigenvalue weighted by Gasteiger charge is -2.16. The number of carbonyl (C=O) groups excluding carboxylic acids is 1. The van der Waals surface area contributed by atoms with Crippen molar-refractivity contribution in [2.45, 2.75) is 32.7 Å². The first kappa shape index (κ1) is 11.9. The molecular formula is C13H18N2O2. The standard InChI is InChI=1S/C13H18N2O2/c1-2-15-9-12(8-14-15)13(16)17-10-11-6-4-3-5-7-11/h3-4,8-9,11H,2,5-7,10H2,1H3. The van der Waals surface area contributed by atoms with E-state index in [0.29, 0.717) is 18.1 Å². The Kier molecular flexibility index (Phi) is 3.96. The molecule has 1 atom stereocenters. The van der Waals surface area contributed by atoms with Gasteiger partial charge in [0.25, 0.3) is 0 Å². The van der Waals surface area contributed by atoms with Crippen LogP contribution in [0.4, 0.5) is 0 Å². The summed E-state index contributed by atoms with van der Waals surface area (Å²) in [7, 11) is 0. The van der Waals surface area contributed by atoms with E-state index in [-0.39, 0.29) is 5.97 Å². The van der Waals surface area contributed by atoms with Gasteiger partial charge in [0, 0.05) is 12.7 Å². The molecule has 0 aromatic carbocycles. The number of hydrogen-bond acceptors (Lipinski definition) is 3. The minimum Gasteiger partial charge on any atom is -0.462 e. The molecule has 0 bridgehead atoms. The zero-order valence-corrected chi connectivity index (χ0v) is 10.1. The molecule has 1 aromatic heterocycles. The summed E-state index contributed by atoms with van der Waals surface area (Å²) in [4.78, 5) is 11.7. The van der Waals surface area contributed by atoms with Gasteiger partial charge in [0.2, 0.25) is 0 Å². The minimum absolute atomic E-state index is 0.265. The number of rotatable bonds is 4. The van der Waals surface area contributed by atoms with Crippen molar-refractivity contribution in [2.75, 3.05) is 6.61 Å². The maximum absolute atomic E-state index is 11.7. The first-order chi connectivity index (χ1) is 8.29. The van der Waals surface area contributed by atoms with Crippen molar-refractivity contribution in [2.24, 2.45) is 5.92 Å². The molecule has 4 nitrogen and oxygen atoms in total. The van der Waals surface area contributed by atoms with Crippen molar-refractivity contribution in [3.63, 3.8) is 0 Å². The van der Waals surface area contributed by atoms with Crippen LogP contribution in [0.25, 0.3) is 0 Å². The fourth-order valence-corrected chi connectivity index (χ4v) is 1.93. The van der Waals surface area contributed by atoms with Gasteiger partial charge in [-0.15, -0.1) is 0 Å². The third kappa shape index (κ3) is 3.19. The molecule has 1 unspecified atom stereocenters. The van der Waals surface area contributed by atoms with E-state index in [1.807, 2.05) is 6.92 Å². The average molecular weight is 234 g/mol. The summed E-state index contributed by atoms with van der Waals surface area (Å²) in [6, 6.07) is 0. The molecule has 0 spiro atoms. The Morgan fingerprint density at radius 3 is 3.12 bits per heavy atom. The minimum atomic E-state index is -0.265. The molecular weight excluding hydrogens is 216 g/mol. The Bertz CT molecular complexity index is 409. The lowest BCUT2D eigenvalue weighted by atomic mass is 9.95. The van der Waals surface area contributed by atoms with Gasteiger partial charge in [0.15, 0.2) is 0 Å². The topological polar surface area (TPSA) is 44.1 Å². The van der Waals surface area contributed by atoms with Gasteiger partial charge < -0.3 is 4.74 Å². The number of esters is 1. The molecule has 0 amide bonds. The van der Waals surface area contributed by atoms with Crippen LogP contribution in [-0.2, 0) is 11.3 Å². The summed E-state index contributed by atoms with van der Waals surface area (Å²) >= 11 is 0. The summed E-state index contributed by atoms with van der Waals surface area (Å²) in [5.41, 5.74) is 0.540. The second-order valence-electron chi connectivity index (χ2n) is 4.33. The van der Waals surface area contributed by atoms with E-state index in [0.717, 1.165) is 25.8 Å². The van der Waals surface area contributed by atoms with Gasteiger partial charge in [0.1, 0.15) is 0 Å². The van der Waals surface area contributed by atoms with Crippen LogP contribution >= 0.6 is 0 Å². The first-order valence-electron chi connectivity index (χ1n) is 6.14. The van der Waals surface area contributed by atoms with E-state index in [9.17, 15) is 4.79 Å². The van der Waals surface area contributed by atoms with Crippen molar-refractivity contribution in [1.82, 2.24) is 9.78 Å². The maximum atomic E-state index is 11.7.